The summed E-state index contributed by atoms with van der Waals surface area (Å²) in [5, 5.41) is 3.23. The van der Waals surface area contributed by atoms with Gasteiger partial charge in [0.15, 0.2) is 5.78 Å². The van der Waals surface area contributed by atoms with Gasteiger partial charge in [0.05, 0.1) is 5.56 Å². The predicted molar refractivity (Wildman–Crippen MR) is 76.7 cm³/mol. The molecule has 0 aliphatic carbocycles. The summed E-state index contributed by atoms with van der Waals surface area (Å²) in [5.41, 5.74) is 2.18. The third-order valence-electron chi connectivity index (χ3n) is 3.86. The Hall–Kier alpha value is -2.14. The highest BCUT2D eigenvalue weighted by Crippen LogP contribution is 2.29. The second-order valence-electron chi connectivity index (χ2n) is 5.27. The average Bonchev–Trinajstić information content (AvgIpc) is 2.53. The molecule has 3 rings (SSSR count). The average molecular weight is 305 g/mol. The second kappa shape index (κ2) is 5.57. The van der Waals surface area contributed by atoms with Gasteiger partial charge in [-0.25, -0.2) is 0 Å². The molecule has 0 fully saturated rings. The Morgan fingerprint density at radius 3 is 2.45 bits per heavy atom. The number of carbonyl (C=O) groups is 1. The van der Waals surface area contributed by atoms with Crippen molar-refractivity contribution in [3.63, 3.8) is 0 Å². The molecule has 0 spiro atoms. The highest BCUT2D eigenvalue weighted by atomic mass is 19.4. The van der Waals surface area contributed by atoms with Crippen LogP contribution in [0.4, 0.5) is 13.2 Å². The normalized spacial score (nSPS) is 14.5. The molecule has 0 aromatic heterocycles. The van der Waals surface area contributed by atoms with Crippen LogP contribution in [0.3, 0.4) is 0 Å². The summed E-state index contributed by atoms with van der Waals surface area (Å²) in [4.78, 5) is 12.6. The van der Waals surface area contributed by atoms with Gasteiger partial charge < -0.3 is 5.32 Å². The third-order valence-corrected chi connectivity index (χ3v) is 3.86. The highest BCUT2D eigenvalue weighted by molar-refractivity contribution is 6.10. The first-order chi connectivity index (χ1) is 10.5. The summed E-state index contributed by atoms with van der Waals surface area (Å²) >= 11 is 0. The number of fused-ring (bicyclic) bond motifs is 1. The van der Waals surface area contributed by atoms with Crippen LogP contribution in [0.1, 0.15) is 32.6 Å². The van der Waals surface area contributed by atoms with E-state index in [1.165, 1.54) is 12.1 Å². The minimum atomic E-state index is -4.39. The van der Waals surface area contributed by atoms with Crippen LogP contribution in [0.2, 0.25) is 0 Å². The minimum Gasteiger partial charge on any atom is -0.312 e. The van der Waals surface area contributed by atoms with Gasteiger partial charge in [0.25, 0.3) is 0 Å². The van der Waals surface area contributed by atoms with Crippen molar-refractivity contribution in [2.24, 2.45) is 0 Å². The first-order valence-electron chi connectivity index (χ1n) is 7.00. The van der Waals surface area contributed by atoms with Gasteiger partial charge in [0.2, 0.25) is 0 Å². The second-order valence-corrected chi connectivity index (χ2v) is 5.27. The van der Waals surface area contributed by atoms with E-state index in [4.69, 9.17) is 0 Å². The zero-order valence-electron chi connectivity index (χ0n) is 11.7. The molecule has 0 bridgehead atoms. The summed E-state index contributed by atoms with van der Waals surface area (Å²) < 4.78 is 37.7. The zero-order valence-corrected chi connectivity index (χ0v) is 11.7. The van der Waals surface area contributed by atoms with Gasteiger partial charge in [-0.05, 0) is 36.2 Å². The summed E-state index contributed by atoms with van der Waals surface area (Å²) in [6.07, 6.45) is -3.64. The summed E-state index contributed by atoms with van der Waals surface area (Å²) in [5.74, 6) is -0.229. The van der Waals surface area contributed by atoms with Gasteiger partial charge in [-0.1, -0.05) is 30.3 Å². The summed E-state index contributed by atoms with van der Waals surface area (Å²) in [6.45, 7) is 1.51. The topological polar surface area (TPSA) is 29.1 Å². The van der Waals surface area contributed by atoms with E-state index in [-0.39, 0.29) is 11.3 Å². The molecule has 2 nitrogen and oxygen atoms in total. The maximum atomic E-state index is 12.6. The fourth-order valence-electron chi connectivity index (χ4n) is 2.71. The van der Waals surface area contributed by atoms with Crippen LogP contribution >= 0.6 is 0 Å². The fourth-order valence-corrected chi connectivity index (χ4v) is 2.71. The number of ketones is 1. The Bertz CT molecular complexity index is 705. The molecule has 0 saturated carbocycles. The van der Waals surface area contributed by atoms with E-state index in [1.807, 2.05) is 12.1 Å². The SMILES string of the molecule is O=C(c1ccc(C(F)(F)F)cc1)c1cccc2c1CCNC2. The predicted octanol–water partition coefficient (Wildman–Crippen LogP) is 3.58. The van der Waals surface area contributed by atoms with Crippen LogP contribution in [0.5, 0.6) is 0 Å². The number of alkyl halides is 3. The lowest BCUT2D eigenvalue weighted by atomic mass is 9.91. The number of benzene rings is 2. The van der Waals surface area contributed by atoms with Crippen molar-refractivity contribution in [2.45, 2.75) is 19.1 Å². The molecule has 0 atom stereocenters. The summed E-state index contributed by atoms with van der Waals surface area (Å²) in [7, 11) is 0. The number of hydrogen-bond donors (Lipinski definition) is 1. The lowest BCUT2D eigenvalue weighted by molar-refractivity contribution is -0.137. The van der Waals surface area contributed by atoms with Crippen LogP contribution in [-0.4, -0.2) is 12.3 Å². The highest BCUT2D eigenvalue weighted by Gasteiger charge is 2.30. The number of rotatable bonds is 2. The molecule has 2 aromatic rings. The van der Waals surface area contributed by atoms with E-state index < -0.39 is 11.7 Å². The van der Waals surface area contributed by atoms with Crippen LogP contribution in [0, 0.1) is 0 Å². The number of nitrogens with one attached hydrogen (secondary N) is 1. The Kier molecular flexibility index (Phi) is 3.74. The molecule has 0 saturated heterocycles. The molecule has 1 aliphatic heterocycles. The first kappa shape index (κ1) is 14.8. The molecule has 22 heavy (non-hydrogen) atoms. The third kappa shape index (κ3) is 2.76. The van der Waals surface area contributed by atoms with Crippen LogP contribution in [-0.2, 0) is 19.1 Å². The first-order valence-corrected chi connectivity index (χ1v) is 7.00. The number of halogens is 3. The maximum Gasteiger partial charge on any atom is 0.416 e. The Morgan fingerprint density at radius 1 is 1.05 bits per heavy atom. The molecule has 2 aromatic carbocycles. The zero-order chi connectivity index (χ0) is 15.7. The van der Waals surface area contributed by atoms with E-state index in [1.54, 1.807) is 6.07 Å². The molecule has 1 aliphatic rings. The number of hydrogen-bond acceptors (Lipinski definition) is 2. The van der Waals surface area contributed by atoms with Crippen molar-refractivity contribution in [1.82, 2.24) is 5.32 Å². The van der Waals surface area contributed by atoms with Gasteiger partial charge >= 0.3 is 6.18 Å². The van der Waals surface area contributed by atoms with Crippen molar-refractivity contribution < 1.29 is 18.0 Å². The van der Waals surface area contributed by atoms with Gasteiger partial charge in [0, 0.05) is 17.7 Å². The standard InChI is InChI=1S/C17H14F3NO/c18-17(19,20)13-6-4-11(5-7-13)16(22)15-3-1-2-12-10-21-9-8-14(12)15/h1-7,21H,8-10H2. The fraction of sp³-hybridized carbons (Fsp3) is 0.235. The molecule has 1 heterocycles. The Balaban J connectivity index is 1.95. The molecular weight excluding hydrogens is 291 g/mol. The van der Waals surface area contributed by atoms with E-state index in [0.29, 0.717) is 12.1 Å². The number of carbonyl (C=O) groups excluding carboxylic acids is 1. The molecule has 0 unspecified atom stereocenters. The van der Waals surface area contributed by atoms with Crippen molar-refractivity contribution in [1.29, 1.82) is 0 Å². The minimum absolute atomic E-state index is 0.229. The van der Waals surface area contributed by atoms with Crippen molar-refractivity contribution in [3.05, 3.63) is 70.3 Å². The van der Waals surface area contributed by atoms with Crippen LogP contribution < -0.4 is 5.32 Å². The van der Waals surface area contributed by atoms with Crippen LogP contribution in [0.15, 0.2) is 42.5 Å². The van der Waals surface area contributed by atoms with Gasteiger partial charge in [-0.2, -0.15) is 13.2 Å². The van der Waals surface area contributed by atoms with Gasteiger partial charge in [0.1, 0.15) is 0 Å². The Labute approximate surface area is 126 Å². The van der Waals surface area contributed by atoms with Crippen LogP contribution in [0.25, 0.3) is 0 Å². The molecule has 114 valence electrons. The molecule has 1 N–H and O–H groups in total. The quantitative estimate of drug-likeness (QED) is 0.859. The smallest absolute Gasteiger partial charge is 0.312 e. The van der Waals surface area contributed by atoms with E-state index in [2.05, 4.69) is 5.32 Å². The lowest BCUT2D eigenvalue weighted by Gasteiger charge is -2.19. The van der Waals surface area contributed by atoms with E-state index in [0.717, 1.165) is 36.2 Å². The van der Waals surface area contributed by atoms with Crippen molar-refractivity contribution in [3.8, 4) is 0 Å². The Morgan fingerprint density at radius 2 is 1.77 bits per heavy atom. The van der Waals surface area contributed by atoms with E-state index >= 15 is 0 Å². The lowest BCUT2D eigenvalue weighted by Crippen LogP contribution is -2.25. The summed E-state index contributed by atoms with van der Waals surface area (Å²) in [6, 6.07) is 9.89. The molecule has 0 amide bonds. The van der Waals surface area contributed by atoms with Gasteiger partial charge in [-0.3, -0.25) is 4.79 Å². The monoisotopic (exact) mass is 305 g/mol. The van der Waals surface area contributed by atoms with Crippen molar-refractivity contribution >= 4 is 5.78 Å². The van der Waals surface area contributed by atoms with Crippen molar-refractivity contribution in [2.75, 3.05) is 6.54 Å². The largest absolute Gasteiger partial charge is 0.416 e. The maximum absolute atomic E-state index is 12.6. The van der Waals surface area contributed by atoms with Gasteiger partial charge in [-0.15, -0.1) is 0 Å². The molecular formula is C17H14F3NO. The molecule has 0 radical (unpaired) electrons. The molecule has 5 heteroatoms. The van der Waals surface area contributed by atoms with E-state index in [9.17, 15) is 18.0 Å².